The minimum Gasteiger partial charge on any atom is -0.459 e. The normalized spacial score (nSPS) is 15.1. The minimum absolute atomic E-state index is 0.0600. The summed E-state index contributed by atoms with van der Waals surface area (Å²) in [6.07, 6.45) is 3.36. The van der Waals surface area contributed by atoms with Gasteiger partial charge >= 0.3 is 0 Å². The van der Waals surface area contributed by atoms with E-state index < -0.39 is 0 Å². The summed E-state index contributed by atoms with van der Waals surface area (Å²) in [6.45, 7) is 1.89. The Morgan fingerprint density at radius 1 is 1.11 bits per heavy atom. The maximum Gasteiger partial charge on any atom is 0.291 e. The van der Waals surface area contributed by atoms with Gasteiger partial charge in [0.1, 0.15) is 0 Å². The molecule has 0 saturated carbocycles. The molecule has 0 spiro atoms. The number of nitrogens with one attached hydrogen (secondary N) is 1. The molecule has 0 bridgehead atoms. The number of benzene rings is 2. The number of amides is 2. The molecule has 0 saturated heterocycles. The van der Waals surface area contributed by atoms with Crippen molar-refractivity contribution in [3.8, 4) is 0 Å². The van der Waals surface area contributed by atoms with Gasteiger partial charge in [0.25, 0.3) is 11.8 Å². The number of hydrogen-bond acceptors (Lipinski definition) is 3. The van der Waals surface area contributed by atoms with Crippen molar-refractivity contribution in [1.29, 1.82) is 0 Å². The van der Waals surface area contributed by atoms with E-state index in [4.69, 9.17) is 4.42 Å². The molecule has 1 aliphatic carbocycles. The highest BCUT2D eigenvalue weighted by Gasteiger charge is 2.29. The molecule has 1 heterocycles. The van der Waals surface area contributed by atoms with Crippen molar-refractivity contribution >= 4 is 17.5 Å². The molecule has 1 aliphatic rings. The first kappa shape index (κ1) is 18.0. The Kier molecular flexibility index (Phi) is 4.74. The Hall–Kier alpha value is -3.34. The Balaban J connectivity index is 1.56. The van der Waals surface area contributed by atoms with E-state index in [1.54, 1.807) is 29.2 Å². The third-order valence-electron chi connectivity index (χ3n) is 5.37. The Morgan fingerprint density at radius 3 is 2.71 bits per heavy atom. The standard InChI is InChI=1S/C23H22N2O3/c1-15-9-10-17(14-19(15)24-22(26)21-8-5-13-28-21)23(27)25(2)20-12-11-16-6-3-4-7-18(16)20/h3-10,13-14,20H,11-12H2,1-2H3,(H,24,26). The van der Waals surface area contributed by atoms with Crippen LogP contribution >= 0.6 is 0 Å². The van der Waals surface area contributed by atoms with E-state index in [-0.39, 0.29) is 23.6 Å². The van der Waals surface area contributed by atoms with Gasteiger partial charge in [-0.15, -0.1) is 0 Å². The van der Waals surface area contributed by atoms with E-state index in [1.807, 2.05) is 32.2 Å². The third kappa shape index (κ3) is 3.31. The molecule has 28 heavy (non-hydrogen) atoms. The Bertz CT molecular complexity index is 1020. The van der Waals surface area contributed by atoms with Crippen LogP contribution in [0.25, 0.3) is 0 Å². The summed E-state index contributed by atoms with van der Waals surface area (Å²) in [4.78, 5) is 27.2. The van der Waals surface area contributed by atoms with Crippen LogP contribution in [0.15, 0.2) is 65.3 Å². The molecule has 1 unspecified atom stereocenters. The zero-order chi connectivity index (χ0) is 19.7. The van der Waals surface area contributed by atoms with Gasteiger partial charge in [-0.05, 0) is 60.7 Å². The Morgan fingerprint density at radius 2 is 1.93 bits per heavy atom. The molecule has 142 valence electrons. The molecular weight excluding hydrogens is 352 g/mol. The lowest BCUT2D eigenvalue weighted by atomic mass is 10.0. The second-order valence-corrected chi connectivity index (χ2v) is 7.13. The average Bonchev–Trinajstić information content (AvgIpc) is 3.38. The van der Waals surface area contributed by atoms with E-state index in [0.29, 0.717) is 11.3 Å². The number of nitrogens with zero attached hydrogens (tertiary/aromatic N) is 1. The molecule has 0 aliphatic heterocycles. The fourth-order valence-corrected chi connectivity index (χ4v) is 3.76. The van der Waals surface area contributed by atoms with Gasteiger partial charge in [0, 0.05) is 18.3 Å². The second kappa shape index (κ2) is 7.35. The molecule has 1 N–H and O–H groups in total. The number of anilines is 1. The maximum absolute atomic E-state index is 13.1. The maximum atomic E-state index is 13.1. The van der Waals surface area contributed by atoms with Crippen LogP contribution in [0, 0.1) is 6.92 Å². The molecule has 2 amide bonds. The zero-order valence-corrected chi connectivity index (χ0v) is 15.9. The topological polar surface area (TPSA) is 62.6 Å². The largest absolute Gasteiger partial charge is 0.459 e. The lowest BCUT2D eigenvalue weighted by Crippen LogP contribution is -2.30. The smallest absolute Gasteiger partial charge is 0.291 e. The average molecular weight is 374 g/mol. The fourth-order valence-electron chi connectivity index (χ4n) is 3.76. The van der Waals surface area contributed by atoms with Gasteiger partial charge in [-0.3, -0.25) is 9.59 Å². The van der Waals surface area contributed by atoms with Crippen LogP contribution in [-0.4, -0.2) is 23.8 Å². The summed E-state index contributed by atoms with van der Waals surface area (Å²) in [5, 5.41) is 2.83. The van der Waals surface area contributed by atoms with Crippen LogP contribution in [-0.2, 0) is 6.42 Å². The van der Waals surface area contributed by atoms with E-state index >= 15 is 0 Å². The first-order chi connectivity index (χ1) is 13.5. The van der Waals surface area contributed by atoms with Gasteiger partial charge in [0.2, 0.25) is 0 Å². The third-order valence-corrected chi connectivity index (χ3v) is 5.37. The first-order valence-electron chi connectivity index (χ1n) is 9.35. The monoisotopic (exact) mass is 374 g/mol. The highest BCUT2D eigenvalue weighted by molar-refractivity contribution is 6.04. The van der Waals surface area contributed by atoms with Gasteiger partial charge in [0.05, 0.1) is 12.3 Å². The summed E-state index contributed by atoms with van der Waals surface area (Å²) in [5.74, 6) is -0.165. The van der Waals surface area contributed by atoms with Crippen LogP contribution < -0.4 is 5.32 Å². The molecule has 5 nitrogen and oxygen atoms in total. The van der Waals surface area contributed by atoms with Gasteiger partial charge in [-0.1, -0.05) is 30.3 Å². The predicted octanol–water partition coefficient (Wildman–Crippen LogP) is 4.60. The van der Waals surface area contributed by atoms with Crippen LogP contribution in [0.2, 0.25) is 0 Å². The molecule has 0 radical (unpaired) electrons. The SMILES string of the molecule is Cc1ccc(C(=O)N(C)C2CCc3ccccc32)cc1NC(=O)c1ccco1. The van der Waals surface area contributed by atoms with Crippen LogP contribution in [0.1, 0.15) is 50.1 Å². The van der Waals surface area contributed by atoms with E-state index in [9.17, 15) is 9.59 Å². The van der Waals surface area contributed by atoms with E-state index in [2.05, 4.69) is 17.4 Å². The van der Waals surface area contributed by atoms with Crippen molar-refractivity contribution in [3.63, 3.8) is 0 Å². The molecule has 0 fully saturated rings. The van der Waals surface area contributed by atoms with Crippen LogP contribution in [0.4, 0.5) is 5.69 Å². The number of aryl methyl sites for hydroxylation is 2. The number of carbonyl (C=O) groups is 2. The first-order valence-corrected chi connectivity index (χ1v) is 9.35. The van der Waals surface area contributed by atoms with Crippen molar-refractivity contribution in [3.05, 3.63) is 88.9 Å². The van der Waals surface area contributed by atoms with Gasteiger partial charge in [-0.2, -0.15) is 0 Å². The molecule has 3 aromatic rings. The summed E-state index contributed by atoms with van der Waals surface area (Å²) < 4.78 is 5.14. The molecule has 1 atom stereocenters. The zero-order valence-electron chi connectivity index (χ0n) is 15.9. The van der Waals surface area contributed by atoms with Crippen molar-refractivity contribution in [2.24, 2.45) is 0 Å². The van der Waals surface area contributed by atoms with Crippen molar-refractivity contribution in [2.75, 3.05) is 12.4 Å². The summed E-state index contributed by atoms with van der Waals surface area (Å²) in [6, 6.07) is 17.0. The lowest BCUT2D eigenvalue weighted by Gasteiger charge is -2.26. The molecular formula is C23H22N2O3. The number of fused-ring (bicyclic) bond motifs is 1. The fraction of sp³-hybridized carbons (Fsp3) is 0.217. The molecule has 1 aromatic heterocycles. The molecule has 5 heteroatoms. The van der Waals surface area contributed by atoms with Crippen molar-refractivity contribution in [1.82, 2.24) is 4.90 Å². The molecule has 4 rings (SSSR count). The second-order valence-electron chi connectivity index (χ2n) is 7.13. The summed E-state index contributed by atoms with van der Waals surface area (Å²) >= 11 is 0. The molecule has 2 aromatic carbocycles. The highest BCUT2D eigenvalue weighted by atomic mass is 16.3. The van der Waals surface area contributed by atoms with Gasteiger partial charge in [0.15, 0.2) is 5.76 Å². The van der Waals surface area contributed by atoms with Gasteiger partial charge < -0.3 is 14.6 Å². The number of furan rings is 1. The van der Waals surface area contributed by atoms with Crippen molar-refractivity contribution in [2.45, 2.75) is 25.8 Å². The van der Waals surface area contributed by atoms with Crippen LogP contribution in [0.3, 0.4) is 0 Å². The Labute approximate surface area is 164 Å². The summed E-state index contributed by atoms with van der Waals surface area (Å²) in [5.41, 5.74) is 4.56. The highest BCUT2D eigenvalue weighted by Crippen LogP contribution is 2.35. The van der Waals surface area contributed by atoms with Gasteiger partial charge in [-0.25, -0.2) is 0 Å². The number of hydrogen-bond donors (Lipinski definition) is 1. The lowest BCUT2D eigenvalue weighted by molar-refractivity contribution is 0.0730. The predicted molar refractivity (Wildman–Crippen MR) is 107 cm³/mol. The quantitative estimate of drug-likeness (QED) is 0.726. The number of carbonyl (C=O) groups excluding carboxylic acids is 2. The van der Waals surface area contributed by atoms with Crippen molar-refractivity contribution < 1.29 is 14.0 Å². The van der Waals surface area contributed by atoms with E-state index in [0.717, 1.165) is 18.4 Å². The minimum atomic E-state index is -0.337. The van der Waals surface area contributed by atoms with E-state index in [1.165, 1.54) is 17.4 Å². The van der Waals surface area contributed by atoms with Crippen LogP contribution in [0.5, 0.6) is 0 Å². The number of rotatable bonds is 4. The summed E-state index contributed by atoms with van der Waals surface area (Å²) in [7, 11) is 1.84.